The van der Waals surface area contributed by atoms with Gasteiger partial charge in [0.1, 0.15) is 11.6 Å². The summed E-state index contributed by atoms with van der Waals surface area (Å²) >= 11 is 0. The van der Waals surface area contributed by atoms with E-state index in [4.69, 9.17) is 4.98 Å². The van der Waals surface area contributed by atoms with E-state index in [1.807, 2.05) is 55.7 Å². The Morgan fingerprint density at radius 1 is 1.13 bits per heavy atom. The SMILES string of the molecule is Cc1nccn2c(C3CCCN3)nc(-c3ccc(C(=O)Nc4ccccn4)cc3)c12. The number of amides is 1. The van der Waals surface area contributed by atoms with E-state index in [1.54, 1.807) is 12.3 Å². The van der Waals surface area contributed by atoms with Gasteiger partial charge in [-0.3, -0.25) is 14.2 Å². The summed E-state index contributed by atoms with van der Waals surface area (Å²) in [5, 5.41) is 6.34. The predicted molar refractivity (Wildman–Crippen MR) is 115 cm³/mol. The zero-order valence-corrected chi connectivity index (χ0v) is 16.7. The van der Waals surface area contributed by atoms with Crippen LogP contribution < -0.4 is 10.6 Å². The maximum Gasteiger partial charge on any atom is 0.256 e. The molecule has 1 unspecified atom stereocenters. The number of aryl methyl sites for hydroxylation is 1. The van der Waals surface area contributed by atoms with E-state index in [-0.39, 0.29) is 11.9 Å². The van der Waals surface area contributed by atoms with Crippen LogP contribution >= 0.6 is 0 Å². The molecule has 4 heterocycles. The lowest BCUT2D eigenvalue weighted by Crippen LogP contribution is -2.15. The third kappa shape index (κ3) is 3.33. The van der Waals surface area contributed by atoms with E-state index in [0.717, 1.165) is 47.7 Å². The van der Waals surface area contributed by atoms with Crippen molar-refractivity contribution in [2.75, 3.05) is 11.9 Å². The summed E-state index contributed by atoms with van der Waals surface area (Å²) in [7, 11) is 0. The molecule has 2 N–H and O–H groups in total. The molecule has 1 fully saturated rings. The van der Waals surface area contributed by atoms with Gasteiger partial charge in [0, 0.05) is 29.7 Å². The number of hydrogen-bond acceptors (Lipinski definition) is 5. The fourth-order valence-corrected chi connectivity index (χ4v) is 3.98. The Labute approximate surface area is 174 Å². The van der Waals surface area contributed by atoms with E-state index in [9.17, 15) is 4.79 Å². The Bertz CT molecular complexity index is 1190. The summed E-state index contributed by atoms with van der Waals surface area (Å²) < 4.78 is 2.14. The van der Waals surface area contributed by atoms with Gasteiger partial charge in [-0.2, -0.15) is 0 Å². The summed E-state index contributed by atoms with van der Waals surface area (Å²) in [5.74, 6) is 1.35. The molecule has 5 rings (SSSR count). The smallest absolute Gasteiger partial charge is 0.256 e. The van der Waals surface area contributed by atoms with Crippen LogP contribution in [0.25, 0.3) is 16.8 Å². The van der Waals surface area contributed by atoms with Crippen LogP contribution in [0.1, 0.15) is 40.8 Å². The Hall–Kier alpha value is -3.58. The van der Waals surface area contributed by atoms with Crippen molar-refractivity contribution in [2.24, 2.45) is 0 Å². The summed E-state index contributed by atoms with van der Waals surface area (Å²) in [6, 6.07) is 13.2. The molecule has 7 heteroatoms. The van der Waals surface area contributed by atoms with Crippen molar-refractivity contribution in [1.82, 2.24) is 24.7 Å². The molecule has 0 saturated carbocycles. The monoisotopic (exact) mass is 398 g/mol. The molecule has 4 aromatic rings. The molecular formula is C23H22N6O. The van der Waals surface area contributed by atoms with Gasteiger partial charge in [-0.1, -0.05) is 18.2 Å². The van der Waals surface area contributed by atoms with Crippen molar-refractivity contribution in [2.45, 2.75) is 25.8 Å². The minimum absolute atomic E-state index is 0.191. The van der Waals surface area contributed by atoms with Crippen LogP contribution in [0.4, 0.5) is 5.82 Å². The first-order chi connectivity index (χ1) is 14.7. The van der Waals surface area contributed by atoms with Gasteiger partial charge in [0.25, 0.3) is 5.91 Å². The first-order valence-electron chi connectivity index (χ1n) is 10.1. The first kappa shape index (κ1) is 18.4. The Kier molecular flexibility index (Phi) is 4.72. The average Bonchev–Trinajstić information content (AvgIpc) is 3.43. The maximum absolute atomic E-state index is 12.5. The Morgan fingerprint density at radius 2 is 2.00 bits per heavy atom. The highest BCUT2D eigenvalue weighted by Gasteiger charge is 2.24. The van der Waals surface area contributed by atoms with Gasteiger partial charge in [-0.25, -0.2) is 9.97 Å². The van der Waals surface area contributed by atoms with Crippen LogP contribution in [-0.2, 0) is 0 Å². The molecule has 30 heavy (non-hydrogen) atoms. The van der Waals surface area contributed by atoms with Crippen LogP contribution in [0.15, 0.2) is 61.1 Å². The number of carbonyl (C=O) groups is 1. The van der Waals surface area contributed by atoms with Crippen molar-refractivity contribution >= 4 is 17.2 Å². The van der Waals surface area contributed by atoms with E-state index in [0.29, 0.717) is 11.4 Å². The highest BCUT2D eigenvalue weighted by Crippen LogP contribution is 2.31. The molecule has 0 radical (unpaired) electrons. The number of pyridine rings is 1. The van der Waals surface area contributed by atoms with Crippen LogP contribution in [0.5, 0.6) is 0 Å². The number of nitrogens with zero attached hydrogens (tertiary/aromatic N) is 4. The van der Waals surface area contributed by atoms with E-state index >= 15 is 0 Å². The normalized spacial score (nSPS) is 16.1. The zero-order chi connectivity index (χ0) is 20.5. The molecule has 1 aromatic carbocycles. The van der Waals surface area contributed by atoms with Crippen molar-refractivity contribution in [3.8, 4) is 11.3 Å². The quantitative estimate of drug-likeness (QED) is 0.547. The number of benzene rings is 1. The van der Waals surface area contributed by atoms with E-state index in [1.165, 1.54) is 0 Å². The molecule has 150 valence electrons. The standard InChI is InChI=1S/C23H22N6O/c1-15-21-20(28-22(18-5-4-12-25-18)29(21)14-13-24-15)16-7-9-17(10-8-16)23(30)27-19-6-2-3-11-26-19/h2-3,6-11,13-14,18,25H,4-5,12H2,1H3,(H,26,27,30). The Morgan fingerprint density at radius 3 is 2.73 bits per heavy atom. The Balaban J connectivity index is 1.49. The van der Waals surface area contributed by atoms with Crippen LogP contribution in [-0.4, -0.2) is 31.8 Å². The molecule has 1 aliphatic heterocycles. The lowest BCUT2D eigenvalue weighted by molar-refractivity contribution is 0.102. The molecule has 1 aliphatic rings. The van der Waals surface area contributed by atoms with Gasteiger partial charge < -0.3 is 10.6 Å². The number of carbonyl (C=O) groups excluding carboxylic acids is 1. The molecule has 0 bridgehead atoms. The molecule has 3 aromatic heterocycles. The van der Waals surface area contributed by atoms with Gasteiger partial charge >= 0.3 is 0 Å². The third-order valence-electron chi connectivity index (χ3n) is 5.46. The largest absolute Gasteiger partial charge is 0.307 e. The molecule has 1 atom stereocenters. The highest BCUT2D eigenvalue weighted by molar-refractivity contribution is 6.04. The minimum atomic E-state index is -0.191. The topological polar surface area (TPSA) is 84.2 Å². The van der Waals surface area contributed by atoms with Gasteiger partial charge in [0.05, 0.1) is 22.9 Å². The first-order valence-corrected chi connectivity index (χ1v) is 10.1. The zero-order valence-electron chi connectivity index (χ0n) is 16.7. The lowest BCUT2D eigenvalue weighted by atomic mass is 10.1. The van der Waals surface area contributed by atoms with Crippen LogP contribution in [0.3, 0.4) is 0 Å². The van der Waals surface area contributed by atoms with Crippen molar-refractivity contribution < 1.29 is 4.79 Å². The number of nitrogens with one attached hydrogen (secondary N) is 2. The number of imidazole rings is 1. The summed E-state index contributed by atoms with van der Waals surface area (Å²) in [5.41, 5.74) is 4.36. The molecule has 0 aliphatic carbocycles. The predicted octanol–water partition coefficient (Wildman–Crippen LogP) is 3.78. The summed E-state index contributed by atoms with van der Waals surface area (Å²) in [6.07, 6.45) is 7.67. The lowest BCUT2D eigenvalue weighted by Gasteiger charge is -2.08. The fraction of sp³-hybridized carbons (Fsp3) is 0.217. The minimum Gasteiger partial charge on any atom is -0.307 e. The van der Waals surface area contributed by atoms with E-state index < -0.39 is 0 Å². The molecule has 7 nitrogen and oxygen atoms in total. The number of hydrogen-bond donors (Lipinski definition) is 2. The van der Waals surface area contributed by atoms with Crippen molar-refractivity contribution in [3.63, 3.8) is 0 Å². The third-order valence-corrected chi connectivity index (χ3v) is 5.46. The average molecular weight is 398 g/mol. The fourth-order valence-electron chi connectivity index (χ4n) is 3.98. The summed E-state index contributed by atoms with van der Waals surface area (Å²) in [4.78, 5) is 26.1. The van der Waals surface area contributed by atoms with Crippen LogP contribution in [0, 0.1) is 6.92 Å². The summed E-state index contributed by atoms with van der Waals surface area (Å²) in [6.45, 7) is 3.01. The van der Waals surface area contributed by atoms with Gasteiger partial charge in [-0.05, 0) is 50.6 Å². The number of anilines is 1. The molecular weight excluding hydrogens is 376 g/mol. The molecule has 0 spiro atoms. The maximum atomic E-state index is 12.5. The number of aromatic nitrogens is 4. The second kappa shape index (κ2) is 7.68. The second-order valence-electron chi connectivity index (χ2n) is 7.45. The van der Waals surface area contributed by atoms with Gasteiger partial charge in [0.15, 0.2) is 0 Å². The van der Waals surface area contributed by atoms with Crippen molar-refractivity contribution in [3.05, 3.63) is 78.1 Å². The van der Waals surface area contributed by atoms with Gasteiger partial charge in [0.2, 0.25) is 0 Å². The van der Waals surface area contributed by atoms with Gasteiger partial charge in [-0.15, -0.1) is 0 Å². The van der Waals surface area contributed by atoms with Crippen LogP contribution in [0.2, 0.25) is 0 Å². The second-order valence-corrected chi connectivity index (χ2v) is 7.45. The molecule has 1 saturated heterocycles. The van der Waals surface area contributed by atoms with E-state index in [2.05, 4.69) is 25.0 Å². The number of rotatable bonds is 4. The number of fused-ring (bicyclic) bond motifs is 1. The molecule has 1 amide bonds. The van der Waals surface area contributed by atoms with Crippen molar-refractivity contribution in [1.29, 1.82) is 0 Å². The highest BCUT2D eigenvalue weighted by atomic mass is 16.1.